The Morgan fingerprint density at radius 3 is 2.67 bits per heavy atom. The van der Waals surface area contributed by atoms with Gasteiger partial charge in [-0.15, -0.1) is 35.3 Å². The molecule has 0 aliphatic heterocycles. The third-order valence-corrected chi connectivity index (χ3v) is 4.22. The van der Waals surface area contributed by atoms with E-state index in [0.29, 0.717) is 19.0 Å². The molecule has 0 aliphatic carbocycles. The fourth-order valence-electron chi connectivity index (χ4n) is 2.06. The van der Waals surface area contributed by atoms with Crippen LogP contribution in [0.15, 0.2) is 23.2 Å². The lowest BCUT2D eigenvalue weighted by Crippen LogP contribution is -2.36. The van der Waals surface area contributed by atoms with Crippen molar-refractivity contribution in [3.05, 3.63) is 39.5 Å². The number of aryl methyl sites for hydroxylation is 2. The average Bonchev–Trinajstić information content (AvgIpc) is 2.88. The molecule has 0 spiro atoms. The Bertz CT molecular complexity index is 674. The van der Waals surface area contributed by atoms with E-state index in [0.717, 1.165) is 28.9 Å². The van der Waals surface area contributed by atoms with Crippen LogP contribution in [0.1, 0.15) is 28.2 Å². The van der Waals surface area contributed by atoms with Crippen molar-refractivity contribution in [1.29, 1.82) is 0 Å². The first-order valence-electron chi connectivity index (χ1n) is 7.57. The van der Waals surface area contributed by atoms with Crippen molar-refractivity contribution in [2.24, 2.45) is 4.99 Å². The molecule has 24 heavy (non-hydrogen) atoms. The normalized spacial score (nSPS) is 10.9. The van der Waals surface area contributed by atoms with Crippen molar-refractivity contribution in [2.75, 3.05) is 13.7 Å². The number of nitrogens with one attached hydrogen (secondary N) is 2. The second-order valence-corrected chi connectivity index (χ2v) is 6.25. The maximum atomic E-state index is 5.13. The van der Waals surface area contributed by atoms with Gasteiger partial charge in [-0.1, -0.05) is 6.07 Å². The van der Waals surface area contributed by atoms with Gasteiger partial charge in [-0.2, -0.15) is 0 Å². The molecule has 0 saturated carbocycles. The molecule has 2 rings (SSSR count). The maximum absolute atomic E-state index is 5.13. The molecule has 0 amide bonds. The van der Waals surface area contributed by atoms with Gasteiger partial charge in [0, 0.05) is 17.5 Å². The highest BCUT2D eigenvalue weighted by Crippen LogP contribution is 2.16. The summed E-state index contributed by atoms with van der Waals surface area (Å²) in [5.74, 6) is 1.37. The molecule has 0 unspecified atom stereocenters. The lowest BCUT2D eigenvalue weighted by atomic mass is 10.3. The number of guanidine groups is 1. The highest BCUT2D eigenvalue weighted by atomic mass is 127. The summed E-state index contributed by atoms with van der Waals surface area (Å²) in [6, 6.07) is 5.68. The second kappa shape index (κ2) is 10.4. The fraction of sp³-hybridized carbons (Fsp3) is 0.438. The number of pyridine rings is 1. The van der Waals surface area contributed by atoms with Crippen LogP contribution in [0.3, 0.4) is 0 Å². The number of halogens is 1. The standard InChI is InChI=1S/C16H23N5OS.HI/c1-5-17-16(19-10-14-11(2)20-12(3)23-14)18-9-13-7-6-8-15(21-13)22-4;/h6-8H,5,9-10H2,1-4H3,(H2,17,18,19);1H. The molecule has 2 N–H and O–H groups in total. The topological polar surface area (TPSA) is 71.4 Å². The SMILES string of the molecule is CCNC(=NCc1cccc(OC)n1)NCc1sc(C)nc1C.I. The highest BCUT2D eigenvalue weighted by molar-refractivity contribution is 14.0. The number of rotatable bonds is 6. The van der Waals surface area contributed by atoms with E-state index in [1.807, 2.05) is 39.0 Å². The molecular formula is C16H24IN5OS. The number of hydrogen-bond donors (Lipinski definition) is 2. The Balaban J connectivity index is 0.00000288. The van der Waals surface area contributed by atoms with Crippen LogP contribution in [0.25, 0.3) is 0 Å². The smallest absolute Gasteiger partial charge is 0.213 e. The fourth-order valence-corrected chi connectivity index (χ4v) is 2.94. The quantitative estimate of drug-likeness (QED) is 0.393. The van der Waals surface area contributed by atoms with Crippen LogP contribution in [0.5, 0.6) is 5.88 Å². The number of aliphatic imine (C=N–C) groups is 1. The van der Waals surface area contributed by atoms with E-state index in [-0.39, 0.29) is 24.0 Å². The third kappa shape index (κ3) is 6.23. The van der Waals surface area contributed by atoms with Crippen molar-refractivity contribution >= 4 is 41.3 Å². The summed E-state index contributed by atoms with van der Waals surface area (Å²) in [6.45, 7) is 8.11. The highest BCUT2D eigenvalue weighted by Gasteiger charge is 2.06. The van der Waals surface area contributed by atoms with Crippen LogP contribution in [0, 0.1) is 13.8 Å². The minimum Gasteiger partial charge on any atom is -0.481 e. The van der Waals surface area contributed by atoms with Crippen molar-refractivity contribution in [3.63, 3.8) is 0 Å². The number of hydrogen-bond acceptors (Lipinski definition) is 5. The van der Waals surface area contributed by atoms with E-state index in [1.165, 1.54) is 4.88 Å². The number of ether oxygens (including phenoxy) is 1. The van der Waals surface area contributed by atoms with Crippen LogP contribution < -0.4 is 15.4 Å². The summed E-state index contributed by atoms with van der Waals surface area (Å²) >= 11 is 1.71. The van der Waals surface area contributed by atoms with Crippen LogP contribution in [-0.2, 0) is 13.1 Å². The minimum atomic E-state index is 0. The second-order valence-electron chi connectivity index (χ2n) is 4.96. The average molecular weight is 461 g/mol. The summed E-state index contributed by atoms with van der Waals surface area (Å²) in [5, 5.41) is 7.67. The van der Waals surface area contributed by atoms with E-state index >= 15 is 0 Å². The minimum absolute atomic E-state index is 0. The number of methoxy groups -OCH3 is 1. The lowest BCUT2D eigenvalue weighted by Gasteiger charge is -2.10. The van der Waals surface area contributed by atoms with Gasteiger partial charge in [-0.3, -0.25) is 0 Å². The number of aromatic nitrogens is 2. The molecule has 0 fully saturated rings. The van der Waals surface area contributed by atoms with Gasteiger partial charge in [0.15, 0.2) is 5.96 Å². The Kier molecular flexibility index (Phi) is 8.98. The zero-order valence-electron chi connectivity index (χ0n) is 14.4. The van der Waals surface area contributed by atoms with E-state index < -0.39 is 0 Å². The van der Waals surface area contributed by atoms with Gasteiger partial charge in [0.2, 0.25) is 5.88 Å². The van der Waals surface area contributed by atoms with Crippen molar-refractivity contribution in [1.82, 2.24) is 20.6 Å². The first-order valence-corrected chi connectivity index (χ1v) is 8.39. The van der Waals surface area contributed by atoms with Gasteiger partial charge in [0.25, 0.3) is 0 Å². The van der Waals surface area contributed by atoms with Gasteiger partial charge < -0.3 is 15.4 Å². The number of thiazole rings is 1. The van der Waals surface area contributed by atoms with Crippen LogP contribution in [0.2, 0.25) is 0 Å². The molecule has 2 heterocycles. The summed E-state index contributed by atoms with van der Waals surface area (Å²) in [4.78, 5) is 14.6. The summed E-state index contributed by atoms with van der Waals surface area (Å²) in [6.07, 6.45) is 0. The lowest BCUT2D eigenvalue weighted by molar-refractivity contribution is 0.396. The van der Waals surface area contributed by atoms with Gasteiger partial charge in [0.1, 0.15) is 0 Å². The van der Waals surface area contributed by atoms with Gasteiger partial charge in [-0.25, -0.2) is 15.0 Å². The van der Waals surface area contributed by atoms with Crippen molar-refractivity contribution < 1.29 is 4.74 Å². The predicted molar refractivity (Wildman–Crippen MR) is 109 cm³/mol. The summed E-state index contributed by atoms with van der Waals surface area (Å²) in [7, 11) is 1.61. The van der Waals surface area contributed by atoms with Crippen molar-refractivity contribution in [3.8, 4) is 5.88 Å². The molecule has 132 valence electrons. The summed E-state index contributed by atoms with van der Waals surface area (Å²) < 4.78 is 5.13. The summed E-state index contributed by atoms with van der Waals surface area (Å²) in [5.41, 5.74) is 1.94. The van der Waals surface area contributed by atoms with E-state index in [9.17, 15) is 0 Å². The van der Waals surface area contributed by atoms with E-state index in [4.69, 9.17) is 4.74 Å². The Labute approximate surface area is 164 Å². The molecule has 0 aliphatic rings. The van der Waals surface area contributed by atoms with Crippen LogP contribution in [-0.4, -0.2) is 29.6 Å². The van der Waals surface area contributed by atoms with Crippen molar-refractivity contribution in [2.45, 2.75) is 33.9 Å². The molecule has 0 radical (unpaired) electrons. The van der Waals surface area contributed by atoms with E-state index in [1.54, 1.807) is 18.4 Å². The Morgan fingerprint density at radius 2 is 2.04 bits per heavy atom. The molecule has 0 saturated heterocycles. The monoisotopic (exact) mass is 461 g/mol. The van der Waals surface area contributed by atoms with Gasteiger partial charge in [0.05, 0.1) is 36.6 Å². The third-order valence-electron chi connectivity index (χ3n) is 3.15. The first kappa shape index (κ1) is 20.6. The zero-order valence-corrected chi connectivity index (χ0v) is 17.6. The molecule has 0 atom stereocenters. The van der Waals surface area contributed by atoms with Gasteiger partial charge >= 0.3 is 0 Å². The molecule has 2 aromatic heterocycles. The molecular weight excluding hydrogens is 437 g/mol. The molecule has 0 bridgehead atoms. The van der Waals surface area contributed by atoms with Gasteiger partial charge in [-0.05, 0) is 26.8 Å². The maximum Gasteiger partial charge on any atom is 0.213 e. The molecule has 2 aromatic rings. The van der Waals surface area contributed by atoms with Crippen LogP contribution in [0.4, 0.5) is 0 Å². The molecule has 8 heteroatoms. The largest absolute Gasteiger partial charge is 0.481 e. The molecule has 0 aromatic carbocycles. The molecule has 6 nitrogen and oxygen atoms in total. The Hall–Kier alpha value is -1.42. The van der Waals surface area contributed by atoms with E-state index in [2.05, 4.69) is 25.6 Å². The number of nitrogens with zero attached hydrogens (tertiary/aromatic N) is 3. The van der Waals surface area contributed by atoms with Crippen LogP contribution >= 0.6 is 35.3 Å². The Morgan fingerprint density at radius 1 is 1.25 bits per heavy atom. The first-order chi connectivity index (χ1) is 11.1. The zero-order chi connectivity index (χ0) is 16.7. The predicted octanol–water partition coefficient (Wildman–Crippen LogP) is 3.04.